The number of ether oxygens (including phenoxy) is 2. The molecule has 0 bridgehead atoms. The highest BCUT2D eigenvalue weighted by Crippen LogP contribution is 2.31. The minimum Gasteiger partial charge on any atom is -0.472 e. The summed E-state index contributed by atoms with van der Waals surface area (Å²) in [7, 11) is 0. The predicted octanol–water partition coefficient (Wildman–Crippen LogP) is 4.08. The summed E-state index contributed by atoms with van der Waals surface area (Å²) in [5.41, 5.74) is -1.41. The van der Waals surface area contributed by atoms with Crippen LogP contribution in [0.1, 0.15) is 90.6 Å². The lowest BCUT2D eigenvalue weighted by Gasteiger charge is -2.37. The van der Waals surface area contributed by atoms with Crippen molar-refractivity contribution in [3.8, 4) is 5.88 Å². The molecule has 12 nitrogen and oxygen atoms in total. The third-order valence-electron chi connectivity index (χ3n) is 8.10. The van der Waals surface area contributed by atoms with Crippen molar-refractivity contribution in [3.63, 3.8) is 0 Å². The first-order valence-electron chi connectivity index (χ1n) is 15.8. The monoisotopic (exact) mass is 748 g/mol. The molecule has 0 radical (unpaired) electrons. The Morgan fingerprint density at radius 1 is 0.957 bits per heavy atom. The number of hydrogen-bond donors (Lipinski definition) is 2. The number of hydrogen-bond acceptors (Lipinski definition) is 9. The molecule has 2 aliphatic rings. The van der Waals surface area contributed by atoms with E-state index in [2.05, 4.69) is 48.2 Å². The summed E-state index contributed by atoms with van der Waals surface area (Å²) >= 11 is 2.15. The average Bonchev–Trinajstić information content (AvgIpc) is 3.43. The summed E-state index contributed by atoms with van der Waals surface area (Å²) in [6.45, 7) is 11.0. The van der Waals surface area contributed by atoms with Crippen molar-refractivity contribution in [2.75, 3.05) is 6.54 Å². The zero-order chi connectivity index (χ0) is 33.6. The Hall–Kier alpha value is -3.36. The molecule has 3 amide bonds. The highest BCUT2D eigenvalue weighted by molar-refractivity contribution is 14.1. The fraction of sp³-hybridized carbons (Fsp3) is 0.606. The number of esters is 1. The van der Waals surface area contributed by atoms with Gasteiger partial charge in [0.1, 0.15) is 35.5 Å². The van der Waals surface area contributed by atoms with E-state index in [4.69, 9.17) is 9.47 Å². The number of halogens is 1. The number of carbonyl (C=O) groups is 4. The Labute approximate surface area is 284 Å². The van der Waals surface area contributed by atoms with E-state index in [9.17, 15) is 19.2 Å². The SMILES string of the molecule is CC(C)(C)OC(=O)[C@@H]1C[C@@H](Oc2ccc(I)cn2)CN1C(=O)[C@@H](NC(=O)[C@@H](NC(=O)c1cnccn1)C1CCCCC1)C(C)(C)C. The van der Waals surface area contributed by atoms with Crippen LogP contribution in [0.4, 0.5) is 0 Å². The molecule has 4 atom stereocenters. The molecule has 1 aliphatic carbocycles. The highest BCUT2D eigenvalue weighted by atomic mass is 127. The molecular weight excluding hydrogens is 703 g/mol. The molecule has 1 aliphatic heterocycles. The number of aromatic nitrogens is 3. The molecule has 0 aromatic carbocycles. The zero-order valence-electron chi connectivity index (χ0n) is 27.4. The molecule has 2 aromatic heterocycles. The van der Waals surface area contributed by atoms with Gasteiger partial charge in [-0.3, -0.25) is 19.4 Å². The second-order valence-electron chi connectivity index (χ2n) is 14.1. The number of nitrogens with one attached hydrogen (secondary N) is 2. The summed E-state index contributed by atoms with van der Waals surface area (Å²) in [6, 6.07) is 0.791. The summed E-state index contributed by atoms with van der Waals surface area (Å²) < 4.78 is 12.8. The maximum Gasteiger partial charge on any atom is 0.329 e. The Bertz CT molecular complexity index is 1370. The summed E-state index contributed by atoms with van der Waals surface area (Å²) in [5.74, 6) is -1.66. The van der Waals surface area contributed by atoms with Gasteiger partial charge in [0.25, 0.3) is 5.91 Å². The highest BCUT2D eigenvalue weighted by Gasteiger charge is 2.47. The lowest BCUT2D eigenvalue weighted by atomic mass is 9.82. The lowest BCUT2D eigenvalue weighted by molar-refractivity contribution is -0.164. The number of rotatable bonds is 9. The zero-order valence-corrected chi connectivity index (χ0v) is 29.6. The molecule has 2 N–H and O–H groups in total. The van der Waals surface area contributed by atoms with Crippen molar-refractivity contribution in [2.45, 2.75) is 110 Å². The molecule has 1 saturated carbocycles. The Morgan fingerprint density at radius 3 is 2.26 bits per heavy atom. The van der Waals surface area contributed by atoms with Crippen LogP contribution < -0.4 is 15.4 Å². The molecule has 46 heavy (non-hydrogen) atoms. The van der Waals surface area contributed by atoms with Crippen LogP contribution in [0.2, 0.25) is 0 Å². The van der Waals surface area contributed by atoms with Gasteiger partial charge in [0.05, 0.1) is 12.7 Å². The first-order valence-corrected chi connectivity index (χ1v) is 16.9. The van der Waals surface area contributed by atoms with Crippen LogP contribution in [0, 0.1) is 14.9 Å². The number of pyridine rings is 1. The van der Waals surface area contributed by atoms with Crippen LogP contribution in [0.5, 0.6) is 5.88 Å². The smallest absolute Gasteiger partial charge is 0.329 e. The molecule has 1 saturated heterocycles. The van der Waals surface area contributed by atoms with Crippen LogP contribution in [0.3, 0.4) is 0 Å². The van der Waals surface area contributed by atoms with Gasteiger partial charge in [0.15, 0.2) is 0 Å². The number of carbonyl (C=O) groups excluding carboxylic acids is 4. The first kappa shape index (κ1) is 35.5. The third kappa shape index (κ3) is 9.58. The van der Waals surface area contributed by atoms with Crippen molar-refractivity contribution in [2.24, 2.45) is 11.3 Å². The summed E-state index contributed by atoms with van der Waals surface area (Å²) in [4.78, 5) is 68.9. The van der Waals surface area contributed by atoms with Gasteiger partial charge in [-0.2, -0.15) is 0 Å². The van der Waals surface area contributed by atoms with Crippen LogP contribution in [-0.2, 0) is 19.1 Å². The van der Waals surface area contributed by atoms with E-state index in [0.29, 0.717) is 5.88 Å². The van der Waals surface area contributed by atoms with E-state index in [1.54, 1.807) is 33.0 Å². The van der Waals surface area contributed by atoms with Gasteiger partial charge in [-0.15, -0.1) is 0 Å². The molecule has 2 fully saturated rings. The van der Waals surface area contributed by atoms with Gasteiger partial charge in [-0.1, -0.05) is 40.0 Å². The maximum absolute atomic E-state index is 14.4. The molecule has 4 rings (SSSR count). The van der Waals surface area contributed by atoms with Crippen LogP contribution in [0.25, 0.3) is 0 Å². The van der Waals surface area contributed by atoms with E-state index in [1.807, 2.05) is 26.8 Å². The van der Waals surface area contributed by atoms with E-state index in [0.717, 1.165) is 35.7 Å². The average molecular weight is 749 g/mol. The minimum atomic E-state index is -1.01. The van der Waals surface area contributed by atoms with Gasteiger partial charge in [-0.25, -0.2) is 14.8 Å². The Morgan fingerprint density at radius 2 is 1.67 bits per heavy atom. The van der Waals surface area contributed by atoms with Crippen molar-refractivity contribution >= 4 is 46.3 Å². The first-order chi connectivity index (χ1) is 21.6. The second kappa shape index (κ2) is 15.0. The molecule has 0 unspecified atom stereocenters. The number of amides is 3. The molecular formula is C33H45IN6O6. The van der Waals surface area contributed by atoms with E-state index in [1.165, 1.54) is 23.5 Å². The van der Waals surface area contributed by atoms with Gasteiger partial charge in [-0.05, 0) is 73.6 Å². The summed E-state index contributed by atoms with van der Waals surface area (Å²) in [6.07, 6.45) is 10.1. The number of likely N-dealkylation sites (tertiary alicyclic amines) is 1. The molecule has 250 valence electrons. The van der Waals surface area contributed by atoms with E-state index < -0.39 is 58.9 Å². The fourth-order valence-electron chi connectivity index (χ4n) is 5.87. The van der Waals surface area contributed by atoms with Gasteiger partial charge in [0, 0.05) is 34.6 Å². The van der Waals surface area contributed by atoms with Crippen LogP contribution in [-0.4, -0.2) is 79.9 Å². The maximum atomic E-state index is 14.4. The molecule has 13 heteroatoms. The van der Waals surface area contributed by atoms with Gasteiger partial charge >= 0.3 is 5.97 Å². The molecule has 3 heterocycles. The molecule has 2 aromatic rings. The molecule has 0 spiro atoms. The van der Waals surface area contributed by atoms with Gasteiger partial charge in [0.2, 0.25) is 17.7 Å². The van der Waals surface area contributed by atoms with Crippen molar-refractivity contribution < 1.29 is 28.7 Å². The van der Waals surface area contributed by atoms with Crippen molar-refractivity contribution in [1.29, 1.82) is 0 Å². The van der Waals surface area contributed by atoms with Crippen molar-refractivity contribution in [1.82, 2.24) is 30.5 Å². The number of nitrogens with zero attached hydrogens (tertiary/aromatic N) is 4. The Kier molecular flexibility index (Phi) is 11.6. The topological polar surface area (TPSA) is 153 Å². The van der Waals surface area contributed by atoms with E-state index in [-0.39, 0.29) is 24.6 Å². The predicted molar refractivity (Wildman–Crippen MR) is 179 cm³/mol. The Balaban J connectivity index is 1.59. The minimum absolute atomic E-state index is 0.102. The lowest BCUT2D eigenvalue weighted by Crippen LogP contribution is -2.61. The van der Waals surface area contributed by atoms with Gasteiger partial charge < -0.3 is 25.0 Å². The largest absolute Gasteiger partial charge is 0.472 e. The quantitative estimate of drug-likeness (QED) is 0.286. The fourth-order valence-corrected chi connectivity index (χ4v) is 6.18. The van der Waals surface area contributed by atoms with Crippen molar-refractivity contribution in [3.05, 3.63) is 46.2 Å². The second-order valence-corrected chi connectivity index (χ2v) is 15.3. The normalized spacial score (nSPS) is 20.4. The van der Waals surface area contributed by atoms with Crippen LogP contribution in [0.15, 0.2) is 36.9 Å². The summed E-state index contributed by atoms with van der Waals surface area (Å²) in [5, 5.41) is 5.86. The standard InChI is InChI=1S/C33H45IN6O6/c1-32(2,3)27(39-29(42)26(20-10-8-7-9-11-20)38-28(41)23-18-35-14-15-36-23)30(43)40-19-22(45-25-13-12-21(34)17-37-25)16-24(40)31(44)46-33(4,5)6/h12-15,17-18,20,22,24,26-27H,7-11,16,19H2,1-6H3,(H,38,41)(H,39,42)/t22-,24+,26+,27-/m1/s1. The van der Waals surface area contributed by atoms with Crippen LogP contribution >= 0.6 is 22.6 Å². The third-order valence-corrected chi connectivity index (χ3v) is 8.74. The van der Waals surface area contributed by atoms with E-state index >= 15 is 0 Å².